The highest BCUT2D eigenvalue weighted by molar-refractivity contribution is 6.19. The highest BCUT2D eigenvalue weighted by atomic mass is 16.3. The van der Waals surface area contributed by atoms with Gasteiger partial charge in [-0.1, -0.05) is 140 Å². The van der Waals surface area contributed by atoms with Crippen LogP contribution in [0.25, 0.3) is 88.0 Å². The normalized spacial score (nSPS) is 11.6. The van der Waals surface area contributed by atoms with Gasteiger partial charge in [-0.2, -0.15) is 0 Å². The summed E-state index contributed by atoms with van der Waals surface area (Å²) in [5.74, 6) is 0. The van der Waals surface area contributed by atoms with Crippen molar-refractivity contribution in [2.24, 2.45) is 0 Å². The predicted octanol–water partition coefficient (Wildman–Crippen LogP) is 15.1. The number of nitrogens with zero attached hydrogens (tertiary/aromatic N) is 1. The number of hydrogen-bond acceptors (Lipinski definition) is 3. The third-order valence-electron chi connectivity index (χ3n) is 10.9. The second-order valence-electron chi connectivity index (χ2n) is 14.1. The minimum absolute atomic E-state index is 0.878. The molecule has 0 saturated heterocycles. The SMILES string of the molecule is c1ccc(-c2cccc(N(c3ccc(-c4ccc5oc6ccccc6c5c4)cc3)c3ccccc3-c3cccc4oc5c6ccccc6ccc5c34)c2)cc1. The lowest BCUT2D eigenvalue weighted by molar-refractivity contribution is 0.669. The Morgan fingerprint density at radius 1 is 0.327 bits per heavy atom. The molecule has 2 aromatic heterocycles. The molecule has 0 radical (unpaired) electrons. The van der Waals surface area contributed by atoms with E-state index in [-0.39, 0.29) is 0 Å². The van der Waals surface area contributed by atoms with Gasteiger partial charge in [-0.05, 0) is 93.9 Å². The van der Waals surface area contributed by atoms with E-state index in [0.717, 1.165) is 94.1 Å². The first-order chi connectivity index (χ1) is 27.3. The van der Waals surface area contributed by atoms with Gasteiger partial charge in [0.25, 0.3) is 0 Å². The molecule has 258 valence electrons. The van der Waals surface area contributed by atoms with Gasteiger partial charge in [0.1, 0.15) is 22.3 Å². The second kappa shape index (κ2) is 12.6. The topological polar surface area (TPSA) is 29.5 Å². The molecule has 3 heteroatoms. The van der Waals surface area contributed by atoms with Gasteiger partial charge in [0.2, 0.25) is 0 Å². The molecule has 55 heavy (non-hydrogen) atoms. The second-order valence-corrected chi connectivity index (χ2v) is 14.1. The summed E-state index contributed by atoms with van der Waals surface area (Å²) < 4.78 is 12.8. The molecule has 11 aromatic rings. The molecule has 0 unspecified atom stereocenters. The Labute approximate surface area is 317 Å². The summed E-state index contributed by atoms with van der Waals surface area (Å²) in [6.07, 6.45) is 0. The number of anilines is 3. The van der Waals surface area contributed by atoms with Crippen molar-refractivity contribution in [1.82, 2.24) is 0 Å². The van der Waals surface area contributed by atoms with E-state index in [0.29, 0.717) is 0 Å². The van der Waals surface area contributed by atoms with Gasteiger partial charge in [0.15, 0.2) is 0 Å². The average Bonchev–Trinajstić information content (AvgIpc) is 3.83. The lowest BCUT2D eigenvalue weighted by Gasteiger charge is -2.28. The Morgan fingerprint density at radius 3 is 1.89 bits per heavy atom. The summed E-state index contributed by atoms with van der Waals surface area (Å²) >= 11 is 0. The van der Waals surface area contributed by atoms with Crippen LogP contribution in [0.5, 0.6) is 0 Å². The molecular weight excluding hydrogens is 671 g/mol. The third kappa shape index (κ3) is 5.20. The minimum Gasteiger partial charge on any atom is -0.456 e. The quantitative estimate of drug-likeness (QED) is 0.173. The number of rotatable bonds is 6. The first-order valence-electron chi connectivity index (χ1n) is 18.7. The number of fused-ring (bicyclic) bond motifs is 8. The van der Waals surface area contributed by atoms with Crippen LogP contribution in [0.3, 0.4) is 0 Å². The van der Waals surface area contributed by atoms with Crippen LogP contribution in [0.2, 0.25) is 0 Å². The van der Waals surface area contributed by atoms with E-state index in [1.165, 1.54) is 10.9 Å². The zero-order valence-electron chi connectivity index (χ0n) is 29.8. The van der Waals surface area contributed by atoms with Crippen molar-refractivity contribution in [3.63, 3.8) is 0 Å². The highest BCUT2D eigenvalue weighted by Crippen LogP contribution is 2.46. The molecule has 2 heterocycles. The van der Waals surface area contributed by atoms with Crippen LogP contribution in [0, 0.1) is 0 Å². The fraction of sp³-hybridized carbons (Fsp3) is 0. The zero-order valence-corrected chi connectivity index (χ0v) is 29.8. The smallest absolute Gasteiger partial charge is 0.143 e. The molecule has 0 aliphatic carbocycles. The maximum absolute atomic E-state index is 6.64. The van der Waals surface area contributed by atoms with Crippen molar-refractivity contribution in [2.75, 3.05) is 4.90 Å². The number of benzene rings is 9. The Kier molecular flexibility index (Phi) is 7.17. The molecular formula is C52H33NO2. The Hall–Kier alpha value is -7.36. The average molecular weight is 704 g/mol. The van der Waals surface area contributed by atoms with E-state index in [9.17, 15) is 0 Å². The van der Waals surface area contributed by atoms with E-state index >= 15 is 0 Å². The number of furan rings is 2. The van der Waals surface area contributed by atoms with E-state index < -0.39 is 0 Å². The van der Waals surface area contributed by atoms with E-state index in [1.807, 2.05) is 12.1 Å². The highest BCUT2D eigenvalue weighted by Gasteiger charge is 2.21. The third-order valence-corrected chi connectivity index (χ3v) is 10.9. The van der Waals surface area contributed by atoms with Gasteiger partial charge >= 0.3 is 0 Å². The molecule has 3 nitrogen and oxygen atoms in total. The van der Waals surface area contributed by atoms with Crippen LogP contribution in [0.1, 0.15) is 0 Å². The maximum Gasteiger partial charge on any atom is 0.143 e. The Balaban J connectivity index is 1.09. The number of para-hydroxylation sites is 2. The monoisotopic (exact) mass is 703 g/mol. The predicted molar refractivity (Wildman–Crippen MR) is 229 cm³/mol. The lowest BCUT2D eigenvalue weighted by Crippen LogP contribution is -2.11. The van der Waals surface area contributed by atoms with Crippen LogP contribution in [0.15, 0.2) is 209 Å². The molecule has 0 spiro atoms. The van der Waals surface area contributed by atoms with Gasteiger partial charge in [-0.3, -0.25) is 0 Å². The van der Waals surface area contributed by atoms with Crippen molar-refractivity contribution >= 4 is 71.7 Å². The standard InChI is InChI=1S/C52H33NO2/c1-2-12-34(13-3-1)37-15-10-16-40(32-37)53(39-28-24-35(25-29-39)38-27-31-49-46(33-38)43-19-7-9-22-48(43)54-49)47-21-8-6-18-42(47)44-20-11-23-50-51(44)45-30-26-36-14-4-5-17-41(36)52(45)55-50/h1-33H. The fourth-order valence-electron chi connectivity index (χ4n) is 8.27. The molecule has 0 aliphatic heterocycles. The van der Waals surface area contributed by atoms with Crippen LogP contribution < -0.4 is 4.90 Å². The molecule has 0 aliphatic rings. The van der Waals surface area contributed by atoms with Crippen LogP contribution >= 0.6 is 0 Å². The summed E-state index contributed by atoms with van der Waals surface area (Å²) in [6.45, 7) is 0. The van der Waals surface area contributed by atoms with E-state index in [1.54, 1.807) is 0 Å². The molecule has 11 rings (SSSR count). The van der Waals surface area contributed by atoms with E-state index in [2.05, 4.69) is 193 Å². The first kappa shape index (κ1) is 31.2. The fourth-order valence-corrected chi connectivity index (χ4v) is 8.27. The van der Waals surface area contributed by atoms with E-state index in [4.69, 9.17) is 8.83 Å². The maximum atomic E-state index is 6.64. The lowest BCUT2D eigenvalue weighted by atomic mass is 9.95. The van der Waals surface area contributed by atoms with Crippen molar-refractivity contribution in [1.29, 1.82) is 0 Å². The summed E-state index contributed by atoms with van der Waals surface area (Å²) in [5, 5.41) is 6.77. The van der Waals surface area contributed by atoms with Crippen molar-refractivity contribution in [2.45, 2.75) is 0 Å². The Bertz CT molecular complexity index is 3210. The van der Waals surface area contributed by atoms with Crippen LogP contribution in [-0.4, -0.2) is 0 Å². The van der Waals surface area contributed by atoms with Gasteiger partial charge < -0.3 is 13.7 Å². The molecule has 0 saturated carbocycles. The molecule has 0 atom stereocenters. The van der Waals surface area contributed by atoms with Gasteiger partial charge in [0, 0.05) is 43.9 Å². The van der Waals surface area contributed by atoms with Crippen LogP contribution in [0.4, 0.5) is 17.1 Å². The summed E-state index contributed by atoms with van der Waals surface area (Å²) in [6, 6.07) is 71.0. The minimum atomic E-state index is 0.878. The zero-order chi connectivity index (χ0) is 36.3. The van der Waals surface area contributed by atoms with Crippen molar-refractivity contribution in [3.05, 3.63) is 200 Å². The van der Waals surface area contributed by atoms with Crippen molar-refractivity contribution < 1.29 is 8.83 Å². The first-order valence-corrected chi connectivity index (χ1v) is 18.7. The molecule has 0 N–H and O–H groups in total. The largest absolute Gasteiger partial charge is 0.456 e. The van der Waals surface area contributed by atoms with Gasteiger partial charge in [-0.25, -0.2) is 0 Å². The van der Waals surface area contributed by atoms with Crippen LogP contribution in [-0.2, 0) is 0 Å². The molecule has 0 bridgehead atoms. The number of hydrogen-bond donors (Lipinski definition) is 0. The molecule has 0 amide bonds. The molecule has 0 fully saturated rings. The Morgan fingerprint density at radius 2 is 0.982 bits per heavy atom. The van der Waals surface area contributed by atoms with Gasteiger partial charge in [0.05, 0.1) is 5.69 Å². The summed E-state index contributed by atoms with van der Waals surface area (Å²) in [5.41, 5.74) is 13.7. The summed E-state index contributed by atoms with van der Waals surface area (Å²) in [7, 11) is 0. The van der Waals surface area contributed by atoms with Crippen molar-refractivity contribution in [3.8, 4) is 33.4 Å². The van der Waals surface area contributed by atoms with Gasteiger partial charge in [-0.15, -0.1) is 0 Å². The summed E-state index contributed by atoms with van der Waals surface area (Å²) in [4.78, 5) is 2.38. The molecule has 9 aromatic carbocycles.